The molecule has 0 radical (unpaired) electrons. The minimum atomic E-state index is 0. The molecular formula is C12H20IN7. The first-order valence-electron chi connectivity index (χ1n) is 6.44. The van der Waals surface area contributed by atoms with Crippen molar-refractivity contribution in [2.45, 2.75) is 31.7 Å². The summed E-state index contributed by atoms with van der Waals surface area (Å²) in [5, 5.41) is 22.1. The quantitative estimate of drug-likeness (QED) is 0.257. The molecule has 1 aliphatic rings. The maximum atomic E-state index is 8.94. The number of aliphatic imine (C=N–C) groups is 1. The van der Waals surface area contributed by atoms with E-state index in [4.69, 9.17) is 11.0 Å². The first-order valence-corrected chi connectivity index (χ1v) is 6.44. The maximum Gasteiger partial charge on any atom is 0.191 e. The molecule has 0 bridgehead atoms. The van der Waals surface area contributed by atoms with Gasteiger partial charge in [0, 0.05) is 19.6 Å². The highest BCUT2D eigenvalue weighted by Gasteiger charge is 2.21. The SMILES string of the molecule is CN=C(NCCCc1[nH]nc(N)c1C#N)NC1CC1.I. The van der Waals surface area contributed by atoms with Crippen molar-refractivity contribution in [3.63, 3.8) is 0 Å². The minimum Gasteiger partial charge on any atom is -0.381 e. The average Bonchev–Trinajstić information content (AvgIpc) is 3.16. The lowest BCUT2D eigenvalue weighted by atomic mass is 10.1. The molecule has 110 valence electrons. The molecule has 7 nitrogen and oxygen atoms in total. The van der Waals surface area contributed by atoms with Crippen molar-refractivity contribution in [3.8, 4) is 6.07 Å². The number of anilines is 1. The van der Waals surface area contributed by atoms with Crippen molar-refractivity contribution in [3.05, 3.63) is 11.3 Å². The van der Waals surface area contributed by atoms with Crippen LogP contribution in [0.25, 0.3) is 0 Å². The van der Waals surface area contributed by atoms with Crippen LogP contribution in [0.1, 0.15) is 30.5 Å². The fourth-order valence-corrected chi connectivity index (χ4v) is 1.79. The average molecular weight is 389 g/mol. The van der Waals surface area contributed by atoms with Crippen LogP contribution in [-0.2, 0) is 6.42 Å². The van der Waals surface area contributed by atoms with E-state index in [2.05, 4.69) is 31.9 Å². The molecule has 8 heteroatoms. The zero-order valence-corrected chi connectivity index (χ0v) is 13.8. The molecule has 0 unspecified atom stereocenters. The van der Waals surface area contributed by atoms with E-state index >= 15 is 0 Å². The molecule has 1 saturated carbocycles. The van der Waals surface area contributed by atoms with Gasteiger partial charge in [-0.3, -0.25) is 10.1 Å². The number of nitrogens with one attached hydrogen (secondary N) is 3. The molecular weight excluding hydrogens is 369 g/mol. The Balaban J connectivity index is 0.00000200. The Hall–Kier alpha value is -1.50. The lowest BCUT2D eigenvalue weighted by Gasteiger charge is -2.10. The van der Waals surface area contributed by atoms with E-state index in [1.807, 2.05) is 0 Å². The summed E-state index contributed by atoms with van der Waals surface area (Å²) in [7, 11) is 1.76. The Morgan fingerprint density at radius 1 is 1.60 bits per heavy atom. The smallest absolute Gasteiger partial charge is 0.191 e. The van der Waals surface area contributed by atoms with Crippen LogP contribution in [0.2, 0.25) is 0 Å². The lowest BCUT2D eigenvalue weighted by Crippen LogP contribution is -2.39. The standard InChI is InChI=1S/C12H19N7.HI/c1-15-12(17-8-4-5-8)16-6-2-3-10-9(7-13)11(14)19-18-10;/h8H,2-6H2,1H3,(H3,14,18,19)(H2,15,16,17);1H. The van der Waals surface area contributed by atoms with Crippen LogP contribution in [0.3, 0.4) is 0 Å². The normalized spacial score (nSPS) is 14.3. The van der Waals surface area contributed by atoms with Gasteiger partial charge < -0.3 is 16.4 Å². The summed E-state index contributed by atoms with van der Waals surface area (Å²) < 4.78 is 0. The monoisotopic (exact) mass is 389 g/mol. The van der Waals surface area contributed by atoms with E-state index < -0.39 is 0 Å². The van der Waals surface area contributed by atoms with Crippen molar-refractivity contribution in [1.29, 1.82) is 5.26 Å². The molecule has 0 saturated heterocycles. The topological polar surface area (TPSA) is 115 Å². The minimum absolute atomic E-state index is 0. The summed E-state index contributed by atoms with van der Waals surface area (Å²) in [4.78, 5) is 4.15. The predicted molar refractivity (Wildman–Crippen MR) is 89.0 cm³/mol. The van der Waals surface area contributed by atoms with E-state index in [0.717, 1.165) is 31.0 Å². The highest BCUT2D eigenvalue weighted by atomic mass is 127. The van der Waals surface area contributed by atoms with E-state index in [9.17, 15) is 0 Å². The first kappa shape index (κ1) is 16.6. The molecule has 1 fully saturated rings. The number of nitrogens with zero attached hydrogens (tertiary/aromatic N) is 3. The molecule has 1 aromatic rings. The molecule has 1 aromatic heterocycles. The molecule has 5 N–H and O–H groups in total. The van der Waals surface area contributed by atoms with Gasteiger partial charge in [-0.05, 0) is 25.7 Å². The largest absolute Gasteiger partial charge is 0.381 e. The second-order valence-electron chi connectivity index (χ2n) is 4.60. The number of H-pyrrole nitrogens is 1. The summed E-state index contributed by atoms with van der Waals surface area (Å²) in [5.74, 6) is 1.11. The molecule has 0 atom stereocenters. The Morgan fingerprint density at radius 2 is 2.35 bits per heavy atom. The number of nitriles is 1. The number of aromatic nitrogens is 2. The van der Waals surface area contributed by atoms with Crippen molar-refractivity contribution in [1.82, 2.24) is 20.8 Å². The highest BCUT2D eigenvalue weighted by molar-refractivity contribution is 14.0. The summed E-state index contributed by atoms with van der Waals surface area (Å²) >= 11 is 0. The first-order chi connectivity index (χ1) is 9.24. The molecule has 20 heavy (non-hydrogen) atoms. The van der Waals surface area contributed by atoms with E-state index in [1.54, 1.807) is 7.05 Å². The van der Waals surface area contributed by atoms with Crippen molar-refractivity contribution < 1.29 is 0 Å². The van der Waals surface area contributed by atoms with Gasteiger partial charge in [-0.25, -0.2) is 0 Å². The summed E-state index contributed by atoms with van der Waals surface area (Å²) in [6, 6.07) is 2.65. The predicted octanol–water partition coefficient (Wildman–Crippen LogP) is 0.742. The second kappa shape index (κ2) is 7.94. The number of hydrogen-bond acceptors (Lipinski definition) is 4. The summed E-state index contributed by atoms with van der Waals surface area (Å²) in [5.41, 5.74) is 6.83. The number of halogens is 1. The maximum absolute atomic E-state index is 8.94. The Kier molecular flexibility index (Phi) is 6.57. The number of hydrogen-bond donors (Lipinski definition) is 4. The van der Waals surface area contributed by atoms with Crippen LogP contribution < -0.4 is 16.4 Å². The molecule has 0 amide bonds. The number of nitrogen functional groups attached to an aromatic ring is 1. The lowest BCUT2D eigenvalue weighted by molar-refractivity contribution is 0.729. The van der Waals surface area contributed by atoms with Gasteiger partial charge in [-0.15, -0.1) is 24.0 Å². The van der Waals surface area contributed by atoms with Crippen molar-refractivity contribution in [2.75, 3.05) is 19.3 Å². The van der Waals surface area contributed by atoms with Gasteiger partial charge in [0.15, 0.2) is 11.8 Å². The zero-order chi connectivity index (χ0) is 13.7. The van der Waals surface area contributed by atoms with E-state index in [-0.39, 0.29) is 29.8 Å². The van der Waals surface area contributed by atoms with Gasteiger partial charge in [0.1, 0.15) is 11.6 Å². The van der Waals surface area contributed by atoms with Crippen LogP contribution in [-0.4, -0.2) is 35.8 Å². The van der Waals surface area contributed by atoms with Gasteiger partial charge in [-0.2, -0.15) is 10.4 Å². The van der Waals surface area contributed by atoms with E-state index in [1.165, 1.54) is 12.8 Å². The number of nitrogens with two attached hydrogens (primary N) is 1. The van der Waals surface area contributed by atoms with Gasteiger partial charge in [0.2, 0.25) is 0 Å². The third-order valence-electron chi connectivity index (χ3n) is 3.02. The molecule has 1 heterocycles. The second-order valence-corrected chi connectivity index (χ2v) is 4.60. The zero-order valence-electron chi connectivity index (χ0n) is 11.4. The molecule has 0 aromatic carbocycles. The third-order valence-corrected chi connectivity index (χ3v) is 3.02. The van der Waals surface area contributed by atoms with Crippen LogP contribution in [0.4, 0.5) is 5.82 Å². The van der Waals surface area contributed by atoms with E-state index in [0.29, 0.717) is 11.6 Å². The third kappa shape index (κ3) is 4.56. The van der Waals surface area contributed by atoms with Gasteiger partial charge in [0.25, 0.3) is 0 Å². The van der Waals surface area contributed by atoms with Crippen LogP contribution in [0, 0.1) is 11.3 Å². The number of aryl methyl sites for hydroxylation is 1. The van der Waals surface area contributed by atoms with Crippen molar-refractivity contribution in [2.24, 2.45) is 4.99 Å². The number of aromatic amines is 1. The van der Waals surface area contributed by atoms with Gasteiger partial charge >= 0.3 is 0 Å². The molecule has 2 rings (SSSR count). The van der Waals surface area contributed by atoms with Crippen LogP contribution in [0.15, 0.2) is 4.99 Å². The Labute approximate surface area is 135 Å². The highest BCUT2D eigenvalue weighted by Crippen LogP contribution is 2.18. The summed E-state index contributed by atoms with van der Waals surface area (Å²) in [6.45, 7) is 0.788. The Morgan fingerprint density at radius 3 is 2.95 bits per heavy atom. The van der Waals surface area contributed by atoms with Crippen molar-refractivity contribution >= 4 is 35.8 Å². The van der Waals surface area contributed by atoms with Crippen LogP contribution in [0.5, 0.6) is 0 Å². The molecule has 0 aliphatic heterocycles. The summed E-state index contributed by atoms with van der Waals surface area (Å²) in [6.07, 6.45) is 4.06. The number of rotatable bonds is 5. The fraction of sp³-hybridized carbons (Fsp3) is 0.583. The fourth-order valence-electron chi connectivity index (χ4n) is 1.79. The van der Waals surface area contributed by atoms with Gasteiger partial charge in [0.05, 0.1) is 5.69 Å². The van der Waals surface area contributed by atoms with Gasteiger partial charge in [-0.1, -0.05) is 0 Å². The van der Waals surface area contributed by atoms with Crippen LogP contribution >= 0.6 is 24.0 Å². The molecule has 0 spiro atoms. The Bertz CT molecular complexity index is 498. The number of guanidine groups is 1. The molecule has 1 aliphatic carbocycles.